The third-order valence-electron chi connectivity index (χ3n) is 5.59. The fourth-order valence-electron chi connectivity index (χ4n) is 3.99. The second-order valence-electron chi connectivity index (χ2n) is 7.96. The molecule has 2 heterocycles. The maximum atomic E-state index is 13.4. The Morgan fingerprint density at radius 3 is 2.52 bits per heavy atom. The molecule has 2 aliphatic heterocycles. The normalized spacial score (nSPS) is 22.0. The largest absolute Gasteiger partial charge is 0.476 e. The summed E-state index contributed by atoms with van der Waals surface area (Å²) in [7, 11) is -3.82. The number of piperidine rings is 1. The van der Waals surface area contributed by atoms with Crippen molar-refractivity contribution in [3.8, 4) is 5.75 Å². The summed E-state index contributed by atoms with van der Waals surface area (Å²) in [6.45, 7) is 5.39. The van der Waals surface area contributed by atoms with E-state index in [1.807, 2.05) is 11.8 Å². The fraction of sp³-hybridized carbons (Fsp3) is 0.409. The molecule has 1 amide bonds. The fourth-order valence-corrected chi connectivity index (χ4v) is 5.47. The van der Waals surface area contributed by atoms with Crippen molar-refractivity contribution in [1.29, 1.82) is 0 Å². The molecule has 2 aliphatic rings. The smallest absolute Gasteiger partial charge is 0.265 e. The van der Waals surface area contributed by atoms with Crippen LogP contribution in [0.3, 0.4) is 0 Å². The van der Waals surface area contributed by atoms with Crippen LogP contribution in [0.2, 0.25) is 0 Å². The zero-order valence-electron chi connectivity index (χ0n) is 16.7. The number of amides is 1. The number of ether oxygens (including phenoxy) is 1. The Balaban J connectivity index is 1.68. The molecule has 2 atom stereocenters. The molecule has 0 aliphatic carbocycles. The molecule has 154 valence electrons. The van der Waals surface area contributed by atoms with Crippen LogP contribution < -0.4 is 9.04 Å². The number of carbonyl (C=O) groups is 1. The lowest BCUT2D eigenvalue weighted by molar-refractivity contribution is -0.140. The number of benzene rings is 2. The van der Waals surface area contributed by atoms with E-state index >= 15 is 0 Å². The van der Waals surface area contributed by atoms with Gasteiger partial charge in [0, 0.05) is 13.1 Å². The first-order chi connectivity index (χ1) is 13.9. The van der Waals surface area contributed by atoms with E-state index in [1.54, 1.807) is 48.5 Å². The third kappa shape index (κ3) is 3.83. The van der Waals surface area contributed by atoms with Gasteiger partial charge in [0.15, 0.2) is 6.10 Å². The average molecular weight is 415 g/mol. The molecule has 0 radical (unpaired) electrons. The van der Waals surface area contributed by atoms with E-state index in [-0.39, 0.29) is 17.3 Å². The van der Waals surface area contributed by atoms with Crippen molar-refractivity contribution in [3.63, 3.8) is 0 Å². The minimum atomic E-state index is -3.82. The lowest BCUT2D eigenvalue weighted by atomic mass is 10.00. The zero-order chi connectivity index (χ0) is 20.6. The second kappa shape index (κ2) is 7.71. The predicted molar refractivity (Wildman–Crippen MR) is 112 cm³/mol. The van der Waals surface area contributed by atoms with E-state index in [4.69, 9.17) is 4.74 Å². The van der Waals surface area contributed by atoms with E-state index in [9.17, 15) is 13.2 Å². The summed E-state index contributed by atoms with van der Waals surface area (Å²) in [5.41, 5.74) is 1.45. The van der Waals surface area contributed by atoms with Crippen LogP contribution >= 0.6 is 0 Å². The molecule has 1 saturated heterocycles. The van der Waals surface area contributed by atoms with E-state index in [2.05, 4.69) is 6.92 Å². The van der Waals surface area contributed by atoms with E-state index in [1.165, 1.54) is 4.31 Å². The Kier molecular flexibility index (Phi) is 5.25. The van der Waals surface area contributed by atoms with Gasteiger partial charge in [-0.3, -0.25) is 9.10 Å². The van der Waals surface area contributed by atoms with E-state index in [0.717, 1.165) is 18.4 Å². The van der Waals surface area contributed by atoms with Crippen molar-refractivity contribution in [2.75, 3.05) is 23.9 Å². The van der Waals surface area contributed by atoms with Crippen LogP contribution in [0.15, 0.2) is 53.4 Å². The zero-order valence-corrected chi connectivity index (χ0v) is 17.6. The number of fused-ring (bicyclic) bond motifs is 1. The first-order valence-electron chi connectivity index (χ1n) is 10.00. The lowest BCUT2D eigenvalue weighted by Crippen LogP contribution is -2.53. The Morgan fingerprint density at radius 2 is 1.79 bits per heavy atom. The molecule has 2 aromatic carbocycles. The molecule has 0 spiro atoms. The van der Waals surface area contributed by atoms with Gasteiger partial charge in [-0.05, 0) is 49.9 Å². The first-order valence-corrected chi connectivity index (χ1v) is 11.4. The Bertz CT molecular complexity index is 1000. The Hall–Kier alpha value is -2.54. The van der Waals surface area contributed by atoms with Crippen LogP contribution in [0.5, 0.6) is 5.75 Å². The molecule has 6 nitrogen and oxygen atoms in total. The van der Waals surface area contributed by atoms with Crippen molar-refractivity contribution < 1.29 is 17.9 Å². The van der Waals surface area contributed by atoms with Crippen molar-refractivity contribution >= 4 is 21.6 Å². The Labute approximate surface area is 172 Å². The van der Waals surface area contributed by atoms with Gasteiger partial charge >= 0.3 is 0 Å². The molecule has 0 saturated carbocycles. The maximum Gasteiger partial charge on any atom is 0.265 e. The summed E-state index contributed by atoms with van der Waals surface area (Å²) < 4.78 is 34.1. The molecule has 29 heavy (non-hydrogen) atoms. The van der Waals surface area contributed by atoms with E-state index < -0.39 is 16.1 Å². The highest BCUT2D eigenvalue weighted by Crippen LogP contribution is 2.37. The Morgan fingerprint density at radius 1 is 1.07 bits per heavy atom. The van der Waals surface area contributed by atoms with Crippen LogP contribution in [-0.4, -0.2) is 45.0 Å². The van der Waals surface area contributed by atoms with Crippen LogP contribution in [-0.2, 0) is 14.8 Å². The average Bonchev–Trinajstić information content (AvgIpc) is 2.72. The maximum absolute atomic E-state index is 13.4. The highest BCUT2D eigenvalue weighted by Gasteiger charge is 2.39. The van der Waals surface area contributed by atoms with Gasteiger partial charge in [0.25, 0.3) is 15.9 Å². The van der Waals surface area contributed by atoms with Crippen molar-refractivity contribution in [2.45, 2.75) is 37.7 Å². The number of rotatable bonds is 3. The second-order valence-corrected chi connectivity index (χ2v) is 9.82. The summed E-state index contributed by atoms with van der Waals surface area (Å²) in [5.74, 6) is 0.712. The first kappa shape index (κ1) is 19.8. The van der Waals surface area contributed by atoms with Crippen LogP contribution in [0.4, 0.5) is 5.69 Å². The lowest BCUT2D eigenvalue weighted by Gasteiger charge is -2.38. The number of sulfonamides is 1. The number of carbonyl (C=O) groups excluding carboxylic acids is 1. The van der Waals surface area contributed by atoms with Gasteiger partial charge in [-0.1, -0.05) is 36.8 Å². The van der Waals surface area contributed by atoms with Crippen molar-refractivity contribution in [2.24, 2.45) is 5.92 Å². The van der Waals surface area contributed by atoms with Gasteiger partial charge in [0.2, 0.25) is 0 Å². The van der Waals surface area contributed by atoms with Crippen LogP contribution in [0.1, 0.15) is 25.3 Å². The quantitative estimate of drug-likeness (QED) is 0.774. The van der Waals surface area contributed by atoms with Crippen LogP contribution in [0.25, 0.3) is 0 Å². The number of para-hydroxylation sites is 2. The number of hydrogen-bond donors (Lipinski definition) is 0. The minimum absolute atomic E-state index is 0.0308. The highest BCUT2D eigenvalue weighted by molar-refractivity contribution is 7.92. The molecule has 7 heteroatoms. The minimum Gasteiger partial charge on any atom is -0.476 e. The number of anilines is 1. The summed E-state index contributed by atoms with van der Waals surface area (Å²) in [6, 6.07) is 13.7. The molecule has 0 unspecified atom stereocenters. The third-order valence-corrected chi connectivity index (χ3v) is 7.38. The van der Waals surface area contributed by atoms with Crippen molar-refractivity contribution in [3.05, 3.63) is 54.1 Å². The molecular weight excluding hydrogens is 388 g/mol. The van der Waals surface area contributed by atoms with Gasteiger partial charge in [0.1, 0.15) is 5.75 Å². The van der Waals surface area contributed by atoms with E-state index in [0.29, 0.717) is 30.4 Å². The number of hydrogen-bond acceptors (Lipinski definition) is 4. The SMILES string of the molecule is Cc1ccc(S(=O)(=O)N2C[C@@H](C(=O)N3CCC[C@@H](C)C3)Oc3ccccc32)cc1. The summed E-state index contributed by atoms with van der Waals surface area (Å²) in [4.78, 5) is 15.2. The molecule has 1 fully saturated rings. The van der Waals surface area contributed by atoms with Crippen LogP contribution in [0, 0.1) is 12.8 Å². The molecule has 4 rings (SSSR count). The molecule has 0 N–H and O–H groups in total. The molecular formula is C22H26N2O4S. The highest BCUT2D eigenvalue weighted by atomic mass is 32.2. The van der Waals surface area contributed by atoms with Gasteiger partial charge < -0.3 is 9.64 Å². The van der Waals surface area contributed by atoms with Gasteiger partial charge in [0.05, 0.1) is 17.1 Å². The predicted octanol–water partition coefficient (Wildman–Crippen LogP) is 3.21. The topological polar surface area (TPSA) is 66.9 Å². The standard InChI is InChI=1S/C22H26N2O4S/c1-16-9-11-18(12-10-16)29(26,27)24-15-21(28-20-8-4-3-7-19(20)24)22(25)23-13-5-6-17(2)14-23/h3-4,7-12,17,21H,5-6,13-15H2,1-2H3/t17-,21+/m1/s1. The summed E-state index contributed by atoms with van der Waals surface area (Å²) in [5, 5.41) is 0. The number of likely N-dealkylation sites (tertiary alicyclic amines) is 1. The van der Waals surface area contributed by atoms with Gasteiger partial charge in [-0.25, -0.2) is 8.42 Å². The number of aryl methyl sites for hydroxylation is 1. The number of nitrogens with zero attached hydrogens (tertiary/aromatic N) is 2. The molecule has 0 bridgehead atoms. The molecule has 0 aromatic heterocycles. The molecule has 2 aromatic rings. The summed E-state index contributed by atoms with van der Waals surface area (Å²) >= 11 is 0. The summed E-state index contributed by atoms with van der Waals surface area (Å²) in [6.07, 6.45) is 1.21. The van der Waals surface area contributed by atoms with Gasteiger partial charge in [-0.2, -0.15) is 0 Å². The monoisotopic (exact) mass is 414 g/mol. The van der Waals surface area contributed by atoms with Gasteiger partial charge in [-0.15, -0.1) is 0 Å². The van der Waals surface area contributed by atoms with Crippen molar-refractivity contribution in [1.82, 2.24) is 4.90 Å².